The Morgan fingerprint density at radius 1 is 0.917 bits per heavy atom. The average molecular weight is 620 g/mol. The van der Waals surface area contributed by atoms with Gasteiger partial charge < -0.3 is 52.6 Å². The molecule has 0 aliphatic heterocycles. The topological polar surface area (TPSA) is 71.4 Å². The molecule has 207 valence electrons. The molecule has 36 heavy (non-hydrogen) atoms. The van der Waals surface area contributed by atoms with E-state index in [1.807, 2.05) is 12.1 Å². The van der Waals surface area contributed by atoms with Gasteiger partial charge in [-0.05, 0) is 57.7 Å². The Morgan fingerprint density at radius 2 is 1.44 bits per heavy atom. The molecule has 0 bridgehead atoms. The fraction of sp³-hybridized carbons (Fsp3) is 0.704. The van der Waals surface area contributed by atoms with Gasteiger partial charge in [-0.15, -0.1) is 9.49 Å². The molecule has 1 amide bonds. The smallest absolute Gasteiger partial charge is 0.251 e. The van der Waals surface area contributed by atoms with Crippen molar-refractivity contribution in [2.24, 2.45) is 0 Å². The minimum Gasteiger partial charge on any atom is -0.785 e. The van der Waals surface area contributed by atoms with Crippen molar-refractivity contribution in [1.82, 2.24) is 20.4 Å². The van der Waals surface area contributed by atoms with Gasteiger partial charge >= 0.3 is 0 Å². The van der Waals surface area contributed by atoms with Crippen molar-refractivity contribution in [3.63, 3.8) is 0 Å². The molecule has 0 atom stereocenters. The second-order valence-electron chi connectivity index (χ2n) is 10.9. The summed E-state index contributed by atoms with van der Waals surface area (Å²) in [4.78, 5) is 17.2. The summed E-state index contributed by atoms with van der Waals surface area (Å²) in [5.41, 5.74) is 1.78. The standard InChI is InChI=1S/C26H48N4OS2.CN.Tc/c1-9-29(10-2)16-15-27-23(31)22-13-11-21(12-14-22)17-30(20-26(7,8)33)19-24(3,4)28-18-25(5,6)32;1-2;/h11-14,28,32-33H,9-10,15-20H2,1-8H3,(H,27,31);;/q;-1;/p-2/i;;1+1. The zero-order chi connectivity index (χ0) is 27.3. The normalized spacial score (nSPS) is 12.1. The fourth-order valence-corrected chi connectivity index (χ4v) is 4.02. The van der Waals surface area contributed by atoms with Crippen LogP contribution in [0, 0.1) is 11.8 Å². The van der Waals surface area contributed by atoms with Crippen LogP contribution in [-0.2, 0) is 51.9 Å². The quantitative estimate of drug-likeness (QED) is 0.229. The van der Waals surface area contributed by atoms with Crippen molar-refractivity contribution in [3.8, 4) is 0 Å². The number of nitrogens with one attached hydrogen (secondary N) is 2. The first-order valence-corrected chi connectivity index (χ1v) is 13.2. The van der Waals surface area contributed by atoms with Gasteiger partial charge in [-0.25, -0.2) is 0 Å². The van der Waals surface area contributed by atoms with Gasteiger partial charge in [-0.1, -0.05) is 53.7 Å². The van der Waals surface area contributed by atoms with Crippen molar-refractivity contribution in [2.75, 3.05) is 45.8 Å². The van der Waals surface area contributed by atoms with E-state index in [0.717, 1.165) is 45.8 Å². The Balaban J connectivity index is 0. The molecule has 0 heterocycles. The Bertz CT molecular complexity index is 754. The van der Waals surface area contributed by atoms with E-state index in [0.29, 0.717) is 12.1 Å². The van der Waals surface area contributed by atoms with Crippen LogP contribution in [-0.4, -0.2) is 76.6 Å². The van der Waals surface area contributed by atoms with E-state index < -0.39 is 0 Å². The van der Waals surface area contributed by atoms with Gasteiger partial charge in [-0.3, -0.25) is 9.69 Å². The van der Waals surface area contributed by atoms with Crippen LogP contribution in [0.15, 0.2) is 24.3 Å². The molecule has 1 aromatic carbocycles. The molecular weight excluding hydrogens is 573 g/mol. The van der Waals surface area contributed by atoms with E-state index in [1.165, 1.54) is 5.56 Å². The molecule has 1 aromatic rings. The first-order valence-electron chi connectivity index (χ1n) is 12.3. The summed E-state index contributed by atoms with van der Waals surface area (Å²) in [5.74, 6) is -0.0193. The number of benzene rings is 1. The first kappa shape index (κ1) is 37.6. The number of amides is 1. The van der Waals surface area contributed by atoms with Crippen molar-refractivity contribution in [2.45, 2.75) is 77.0 Å². The number of hydrogen-bond donors (Lipinski definition) is 2. The summed E-state index contributed by atoms with van der Waals surface area (Å²) in [5, 5.41) is 12.9. The van der Waals surface area contributed by atoms with Gasteiger partial charge in [0.1, 0.15) is 0 Å². The van der Waals surface area contributed by atoms with Crippen molar-refractivity contribution in [3.05, 3.63) is 42.0 Å². The molecular formula is C27H46N5OS2Tc-3. The fourth-order valence-electron chi connectivity index (χ4n) is 3.76. The molecule has 0 spiro atoms. The summed E-state index contributed by atoms with van der Waals surface area (Å²) < 4.78 is -0.404. The summed E-state index contributed by atoms with van der Waals surface area (Å²) >= 11 is 11.2. The van der Waals surface area contributed by atoms with Crippen molar-refractivity contribution in [1.29, 1.82) is 5.26 Å². The molecule has 0 aliphatic carbocycles. The van der Waals surface area contributed by atoms with Crippen LogP contribution >= 0.6 is 0 Å². The zero-order valence-corrected chi connectivity index (χ0v) is 26.9. The largest absolute Gasteiger partial charge is 0.785 e. The number of hydrogen-bond acceptors (Lipinski definition) is 7. The molecule has 0 unspecified atom stereocenters. The third-order valence-electron chi connectivity index (χ3n) is 5.45. The van der Waals surface area contributed by atoms with E-state index in [-0.39, 0.29) is 41.0 Å². The van der Waals surface area contributed by atoms with Crippen LogP contribution in [0.1, 0.15) is 71.3 Å². The van der Waals surface area contributed by atoms with E-state index in [1.54, 1.807) is 0 Å². The molecule has 9 heteroatoms. The zero-order valence-electron chi connectivity index (χ0n) is 23.4. The Morgan fingerprint density at radius 3 is 1.89 bits per heavy atom. The maximum absolute atomic E-state index is 12.5. The van der Waals surface area contributed by atoms with E-state index >= 15 is 0 Å². The van der Waals surface area contributed by atoms with E-state index in [2.05, 4.69) is 88.0 Å². The second kappa shape index (κ2) is 17.8. The van der Waals surface area contributed by atoms with Crippen LogP contribution in [0.25, 0.3) is 0 Å². The maximum Gasteiger partial charge on any atom is 0.251 e. The summed E-state index contributed by atoms with van der Waals surface area (Å²) in [6, 6.07) is 7.94. The number of rotatable bonds is 15. The van der Waals surface area contributed by atoms with Crippen LogP contribution in [0.5, 0.6) is 0 Å². The van der Waals surface area contributed by atoms with Crippen molar-refractivity contribution >= 4 is 31.2 Å². The average Bonchev–Trinajstić information content (AvgIpc) is 2.75. The van der Waals surface area contributed by atoms with Crippen LogP contribution < -0.4 is 10.6 Å². The van der Waals surface area contributed by atoms with E-state index in [9.17, 15) is 4.79 Å². The third-order valence-corrected chi connectivity index (χ3v) is 5.72. The van der Waals surface area contributed by atoms with Crippen LogP contribution in [0.4, 0.5) is 0 Å². The summed E-state index contributed by atoms with van der Waals surface area (Å²) in [6.45, 7) is 28.5. The number of carbonyl (C=O) groups excluding carboxylic acids is 1. The molecule has 0 saturated carbocycles. The van der Waals surface area contributed by atoms with Gasteiger partial charge in [0.15, 0.2) is 0 Å². The molecule has 1 rings (SSSR count). The summed E-state index contributed by atoms with van der Waals surface area (Å²) in [7, 11) is 0. The number of nitrogens with zero attached hydrogens (tertiary/aromatic N) is 3. The van der Waals surface area contributed by atoms with Gasteiger partial charge in [0, 0.05) is 57.4 Å². The third kappa shape index (κ3) is 17.8. The van der Waals surface area contributed by atoms with Crippen LogP contribution in [0.2, 0.25) is 0 Å². The second-order valence-corrected chi connectivity index (χ2v) is 13.1. The predicted molar refractivity (Wildman–Crippen MR) is 152 cm³/mol. The number of likely N-dealkylation sites (N-methyl/N-ethyl adjacent to an activating group) is 1. The molecule has 1 radical (unpaired) electrons. The van der Waals surface area contributed by atoms with Gasteiger partial charge in [0.25, 0.3) is 5.91 Å². The Kier molecular flexibility index (Phi) is 18.6. The summed E-state index contributed by atoms with van der Waals surface area (Å²) in [6.07, 6.45) is 0. The van der Waals surface area contributed by atoms with Gasteiger partial charge in [0.05, 0.1) is 0 Å². The number of carbonyl (C=O) groups is 1. The monoisotopic (exact) mass is 619 g/mol. The molecule has 0 aliphatic rings. The Hall–Kier alpha value is -0.591. The maximum atomic E-state index is 12.5. The van der Waals surface area contributed by atoms with Crippen molar-refractivity contribution < 1.29 is 24.9 Å². The molecule has 0 saturated heterocycles. The SMILES string of the molecule is CCN(CC)CCNC(=O)c1ccc(CN(CC(C)(C)[S-])CC(C)(C)NCC(C)(C)[S-])cc1.[99Tc].[C-]#N. The molecule has 2 N–H and O–H groups in total. The predicted octanol–water partition coefficient (Wildman–Crippen LogP) is 3.67. The Labute approximate surface area is 245 Å². The van der Waals surface area contributed by atoms with Gasteiger partial charge in [-0.2, -0.15) is 0 Å². The minimum atomic E-state index is -0.224. The van der Waals surface area contributed by atoms with Crippen LogP contribution in [0.3, 0.4) is 0 Å². The molecule has 0 aromatic heterocycles. The van der Waals surface area contributed by atoms with Gasteiger partial charge in [0.2, 0.25) is 0 Å². The first-order chi connectivity index (χ1) is 16.1. The molecule has 6 nitrogen and oxygen atoms in total. The minimum absolute atomic E-state index is 0. The molecule has 0 fully saturated rings. The van der Waals surface area contributed by atoms with E-state index in [4.69, 9.17) is 37.1 Å².